The summed E-state index contributed by atoms with van der Waals surface area (Å²) in [5.41, 5.74) is 4.56. The Morgan fingerprint density at radius 3 is 2.32 bits per heavy atom. The normalized spacial score (nSPS) is 10.8. The predicted octanol–water partition coefficient (Wildman–Crippen LogP) is 4.85. The minimum Gasteiger partial charge on any atom is -0.494 e. The molecule has 4 aromatic carbocycles. The van der Waals surface area contributed by atoms with Crippen molar-refractivity contribution in [3.8, 4) is 11.5 Å². The summed E-state index contributed by atoms with van der Waals surface area (Å²) in [6.45, 7) is 4.32. The lowest BCUT2D eigenvalue weighted by atomic mass is 10.0. The first kappa shape index (κ1) is 25.1. The predicted molar refractivity (Wildman–Crippen MR) is 142 cm³/mol. The van der Waals surface area contributed by atoms with Crippen LogP contribution < -0.4 is 20.2 Å². The van der Waals surface area contributed by atoms with Crippen LogP contribution in [0.25, 0.3) is 10.8 Å². The Kier molecular flexibility index (Phi) is 7.90. The van der Waals surface area contributed by atoms with Crippen LogP contribution in [0.15, 0.2) is 90.0 Å². The first-order valence-corrected chi connectivity index (χ1v) is 11.6. The van der Waals surface area contributed by atoms with Crippen LogP contribution in [0.4, 0.5) is 5.69 Å². The molecule has 4 rings (SSSR count). The fourth-order valence-corrected chi connectivity index (χ4v) is 3.54. The minimum atomic E-state index is -0.940. The fourth-order valence-electron chi connectivity index (χ4n) is 3.54. The SMILES string of the molecule is CCOc1ccc(C(=O)Oc2ccc3ccccc3c2/C=N/NC(=O)C(=O)Nc2ccc(C)cc2)cc1. The number of hydrogen-bond acceptors (Lipinski definition) is 6. The zero-order chi connectivity index (χ0) is 26.2. The van der Waals surface area contributed by atoms with E-state index in [0.29, 0.717) is 29.2 Å². The Balaban J connectivity index is 1.51. The highest BCUT2D eigenvalue weighted by atomic mass is 16.5. The number of fused-ring (bicyclic) bond motifs is 1. The van der Waals surface area contributed by atoms with Crippen LogP contribution in [0.5, 0.6) is 11.5 Å². The topological polar surface area (TPSA) is 106 Å². The van der Waals surface area contributed by atoms with Crippen molar-refractivity contribution in [2.75, 3.05) is 11.9 Å². The highest BCUT2D eigenvalue weighted by molar-refractivity contribution is 6.39. The molecule has 8 heteroatoms. The third kappa shape index (κ3) is 6.37. The molecular weight excluding hydrogens is 470 g/mol. The monoisotopic (exact) mass is 495 g/mol. The molecular formula is C29H25N3O5. The molecule has 2 amide bonds. The molecule has 186 valence electrons. The fraction of sp³-hybridized carbons (Fsp3) is 0.103. The van der Waals surface area contributed by atoms with E-state index in [1.807, 2.05) is 56.3 Å². The average Bonchev–Trinajstić information content (AvgIpc) is 2.91. The summed E-state index contributed by atoms with van der Waals surface area (Å²) in [6, 6.07) is 24.6. The number of rotatable bonds is 7. The number of hydrazone groups is 1. The lowest BCUT2D eigenvalue weighted by Gasteiger charge is -2.11. The smallest absolute Gasteiger partial charge is 0.343 e. The Hall–Kier alpha value is -4.98. The maximum Gasteiger partial charge on any atom is 0.343 e. The standard InChI is InChI=1S/C29H25N3O5/c1-3-36-23-15-10-21(11-16-23)29(35)37-26-17-12-20-6-4-5-7-24(20)25(26)18-30-32-28(34)27(33)31-22-13-8-19(2)9-14-22/h4-18H,3H2,1-2H3,(H,31,33)(H,32,34)/b30-18+. The van der Waals surface area contributed by atoms with E-state index < -0.39 is 17.8 Å². The average molecular weight is 496 g/mol. The molecule has 8 nitrogen and oxygen atoms in total. The first-order chi connectivity index (χ1) is 17.9. The van der Waals surface area contributed by atoms with Gasteiger partial charge in [0.25, 0.3) is 0 Å². The van der Waals surface area contributed by atoms with Crippen LogP contribution in [0.2, 0.25) is 0 Å². The molecule has 37 heavy (non-hydrogen) atoms. The zero-order valence-electron chi connectivity index (χ0n) is 20.4. The van der Waals surface area contributed by atoms with Crippen LogP contribution in [0.1, 0.15) is 28.4 Å². The Morgan fingerprint density at radius 2 is 1.59 bits per heavy atom. The number of aryl methyl sites for hydroxylation is 1. The van der Waals surface area contributed by atoms with Gasteiger partial charge in [0.2, 0.25) is 0 Å². The molecule has 0 unspecified atom stereocenters. The van der Waals surface area contributed by atoms with E-state index >= 15 is 0 Å². The lowest BCUT2D eigenvalue weighted by molar-refractivity contribution is -0.136. The third-order valence-electron chi connectivity index (χ3n) is 5.41. The number of esters is 1. The van der Waals surface area contributed by atoms with E-state index in [9.17, 15) is 14.4 Å². The van der Waals surface area contributed by atoms with Crippen molar-refractivity contribution in [2.24, 2.45) is 5.10 Å². The van der Waals surface area contributed by atoms with E-state index in [4.69, 9.17) is 9.47 Å². The van der Waals surface area contributed by atoms with Crippen LogP contribution in [-0.4, -0.2) is 30.6 Å². The van der Waals surface area contributed by atoms with Crippen LogP contribution in [0.3, 0.4) is 0 Å². The summed E-state index contributed by atoms with van der Waals surface area (Å²) < 4.78 is 11.1. The number of benzene rings is 4. The number of anilines is 1. The summed E-state index contributed by atoms with van der Waals surface area (Å²) in [4.78, 5) is 37.3. The van der Waals surface area contributed by atoms with Crippen molar-refractivity contribution in [3.63, 3.8) is 0 Å². The number of nitrogens with zero attached hydrogens (tertiary/aromatic N) is 1. The van der Waals surface area contributed by atoms with Crippen molar-refractivity contribution in [3.05, 3.63) is 102 Å². The maximum absolute atomic E-state index is 12.8. The molecule has 0 saturated carbocycles. The summed E-state index contributed by atoms with van der Waals surface area (Å²) in [5.74, 6) is -1.46. The van der Waals surface area contributed by atoms with Gasteiger partial charge in [-0.1, -0.05) is 48.0 Å². The van der Waals surface area contributed by atoms with Gasteiger partial charge in [-0.2, -0.15) is 5.10 Å². The first-order valence-electron chi connectivity index (χ1n) is 11.6. The molecule has 0 radical (unpaired) electrons. The van der Waals surface area contributed by atoms with Gasteiger partial charge < -0.3 is 14.8 Å². The molecule has 0 heterocycles. The molecule has 0 fully saturated rings. The zero-order valence-corrected chi connectivity index (χ0v) is 20.4. The van der Waals surface area contributed by atoms with Gasteiger partial charge in [-0.05, 0) is 67.1 Å². The number of carbonyl (C=O) groups excluding carboxylic acids is 3. The second-order valence-corrected chi connectivity index (χ2v) is 8.06. The van der Waals surface area contributed by atoms with Crippen molar-refractivity contribution in [1.82, 2.24) is 5.43 Å². The Bertz CT molecular complexity index is 1460. The molecule has 4 aromatic rings. The Morgan fingerprint density at radius 1 is 0.865 bits per heavy atom. The molecule has 0 saturated heterocycles. The number of amides is 2. The lowest BCUT2D eigenvalue weighted by Crippen LogP contribution is -2.32. The van der Waals surface area contributed by atoms with Gasteiger partial charge in [0.15, 0.2) is 0 Å². The molecule has 0 aromatic heterocycles. The van der Waals surface area contributed by atoms with Crippen molar-refractivity contribution >= 4 is 40.5 Å². The van der Waals surface area contributed by atoms with E-state index in [0.717, 1.165) is 16.3 Å². The van der Waals surface area contributed by atoms with E-state index in [2.05, 4.69) is 15.8 Å². The van der Waals surface area contributed by atoms with Gasteiger partial charge in [0, 0.05) is 11.3 Å². The minimum absolute atomic E-state index is 0.250. The maximum atomic E-state index is 12.8. The molecule has 0 aliphatic heterocycles. The van der Waals surface area contributed by atoms with Crippen molar-refractivity contribution in [1.29, 1.82) is 0 Å². The Labute approximate surface area is 213 Å². The van der Waals surface area contributed by atoms with Crippen LogP contribution >= 0.6 is 0 Å². The molecule has 0 aliphatic rings. The van der Waals surface area contributed by atoms with Crippen molar-refractivity contribution in [2.45, 2.75) is 13.8 Å². The highest BCUT2D eigenvalue weighted by Crippen LogP contribution is 2.27. The van der Waals surface area contributed by atoms with Gasteiger partial charge in [0.05, 0.1) is 18.4 Å². The van der Waals surface area contributed by atoms with Crippen molar-refractivity contribution < 1.29 is 23.9 Å². The third-order valence-corrected chi connectivity index (χ3v) is 5.41. The van der Waals surface area contributed by atoms with Gasteiger partial charge in [0.1, 0.15) is 11.5 Å². The molecule has 0 atom stereocenters. The summed E-state index contributed by atoms with van der Waals surface area (Å²) in [6.07, 6.45) is 1.35. The highest BCUT2D eigenvalue weighted by Gasteiger charge is 2.15. The summed E-state index contributed by atoms with van der Waals surface area (Å²) in [7, 11) is 0. The largest absolute Gasteiger partial charge is 0.494 e. The molecule has 0 bridgehead atoms. The number of hydrogen-bond donors (Lipinski definition) is 2. The summed E-state index contributed by atoms with van der Waals surface area (Å²) in [5, 5.41) is 8.09. The van der Waals surface area contributed by atoms with Gasteiger partial charge in [-0.15, -0.1) is 0 Å². The van der Waals surface area contributed by atoms with E-state index in [1.165, 1.54) is 6.21 Å². The summed E-state index contributed by atoms with van der Waals surface area (Å²) >= 11 is 0. The second kappa shape index (κ2) is 11.6. The quantitative estimate of drug-likeness (QED) is 0.125. The second-order valence-electron chi connectivity index (χ2n) is 8.06. The van der Waals surface area contributed by atoms with Gasteiger partial charge in [-0.3, -0.25) is 9.59 Å². The number of nitrogens with one attached hydrogen (secondary N) is 2. The molecule has 2 N–H and O–H groups in total. The van der Waals surface area contributed by atoms with E-state index in [-0.39, 0.29) is 5.75 Å². The number of carbonyl (C=O) groups is 3. The number of ether oxygens (including phenoxy) is 2. The van der Waals surface area contributed by atoms with Crippen LogP contribution in [-0.2, 0) is 9.59 Å². The molecule has 0 spiro atoms. The van der Waals surface area contributed by atoms with E-state index in [1.54, 1.807) is 42.5 Å². The molecule has 0 aliphatic carbocycles. The van der Waals surface area contributed by atoms with Crippen LogP contribution in [0, 0.1) is 6.92 Å². The van der Waals surface area contributed by atoms with Gasteiger partial charge in [-0.25, -0.2) is 10.2 Å². The van der Waals surface area contributed by atoms with Gasteiger partial charge >= 0.3 is 17.8 Å².